The number of rotatable bonds is 6. The Kier molecular flexibility index (Phi) is 5.54. The Hall–Kier alpha value is -1.16. The molecule has 0 saturated carbocycles. The summed E-state index contributed by atoms with van der Waals surface area (Å²) in [5, 5.41) is 3.50. The third-order valence-corrected chi connectivity index (χ3v) is 3.17. The third-order valence-electron chi connectivity index (χ3n) is 2.97. The van der Waals surface area contributed by atoms with Crippen LogP contribution in [0.3, 0.4) is 0 Å². The molecule has 0 aliphatic heterocycles. The highest BCUT2D eigenvalue weighted by Gasteiger charge is 2.12. The number of aromatic nitrogens is 1. The standard InChI is InChI=1S/C14H23N3S/c1-5-6-7-9(2)17-12-8-10(3)16-11(4)13(12)14(15)18/h8-9H,5-7H2,1-4H3,(H2,15,18)(H,16,17). The van der Waals surface area contributed by atoms with Gasteiger partial charge >= 0.3 is 0 Å². The number of nitrogens with one attached hydrogen (secondary N) is 1. The van der Waals surface area contributed by atoms with Crippen molar-refractivity contribution in [1.82, 2.24) is 4.98 Å². The van der Waals surface area contributed by atoms with Crippen LogP contribution in [0.5, 0.6) is 0 Å². The first-order valence-electron chi connectivity index (χ1n) is 6.50. The van der Waals surface area contributed by atoms with Gasteiger partial charge in [0, 0.05) is 23.1 Å². The molecule has 0 aliphatic carbocycles. The predicted molar refractivity (Wildman–Crippen MR) is 82.2 cm³/mol. The van der Waals surface area contributed by atoms with Crippen molar-refractivity contribution in [2.75, 3.05) is 5.32 Å². The van der Waals surface area contributed by atoms with E-state index in [1.54, 1.807) is 0 Å². The van der Waals surface area contributed by atoms with E-state index in [9.17, 15) is 0 Å². The van der Waals surface area contributed by atoms with Crippen molar-refractivity contribution in [2.24, 2.45) is 5.73 Å². The molecule has 1 heterocycles. The number of thiocarbonyl (C=S) groups is 1. The van der Waals surface area contributed by atoms with Crippen molar-refractivity contribution in [2.45, 2.75) is 53.0 Å². The second-order valence-corrected chi connectivity index (χ2v) is 5.26. The minimum Gasteiger partial charge on any atom is -0.389 e. The van der Waals surface area contributed by atoms with E-state index in [1.807, 2.05) is 19.9 Å². The molecular weight excluding hydrogens is 242 g/mol. The number of nitrogens with zero attached hydrogens (tertiary/aromatic N) is 1. The summed E-state index contributed by atoms with van der Waals surface area (Å²) in [5.74, 6) is 0. The molecular formula is C14H23N3S. The minimum atomic E-state index is 0.408. The van der Waals surface area contributed by atoms with E-state index in [0.717, 1.165) is 29.1 Å². The molecule has 4 heteroatoms. The first-order valence-corrected chi connectivity index (χ1v) is 6.91. The molecule has 1 atom stereocenters. The van der Waals surface area contributed by atoms with Gasteiger partial charge in [-0.05, 0) is 33.3 Å². The fraction of sp³-hybridized carbons (Fsp3) is 0.571. The van der Waals surface area contributed by atoms with E-state index in [4.69, 9.17) is 18.0 Å². The van der Waals surface area contributed by atoms with Crippen molar-refractivity contribution >= 4 is 22.9 Å². The lowest BCUT2D eigenvalue weighted by molar-refractivity contribution is 0.645. The van der Waals surface area contributed by atoms with Crippen molar-refractivity contribution in [1.29, 1.82) is 0 Å². The molecule has 0 bridgehead atoms. The maximum atomic E-state index is 5.79. The topological polar surface area (TPSA) is 50.9 Å². The normalized spacial score (nSPS) is 12.2. The summed E-state index contributed by atoms with van der Waals surface area (Å²) >= 11 is 5.12. The van der Waals surface area contributed by atoms with E-state index in [1.165, 1.54) is 12.8 Å². The molecule has 0 saturated heterocycles. The number of unbranched alkanes of at least 4 members (excludes halogenated alkanes) is 1. The SMILES string of the molecule is CCCCC(C)Nc1cc(C)nc(C)c1C(N)=S. The largest absolute Gasteiger partial charge is 0.389 e. The average molecular weight is 265 g/mol. The van der Waals surface area contributed by atoms with Crippen molar-refractivity contribution < 1.29 is 0 Å². The Morgan fingerprint density at radius 3 is 2.72 bits per heavy atom. The fourth-order valence-electron chi connectivity index (χ4n) is 2.10. The maximum absolute atomic E-state index is 5.79. The zero-order chi connectivity index (χ0) is 13.7. The Balaban J connectivity index is 2.96. The van der Waals surface area contributed by atoms with Crippen LogP contribution in [0.25, 0.3) is 0 Å². The fourth-order valence-corrected chi connectivity index (χ4v) is 2.36. The Bertz CT molecular complexity index is 429. The zero-order valence-corrected chi connectivity index (χ0v) is 12.5. The molecule has 0 aliphatic rings. The predicted octanol–water partition coefficient (Wildman–Crippen LogP) is 3.32. The highest BCUT2D eigenvalue weighted by Crippen LogP contribution is 2.21. The lowest BCUT2D eigenvalue weighted by Crippen LogP contribution is -2.21. The number of nitrogens with two attached hydrogens (primary N) is 1. The highest BCUT2D eigenvalue weighted by molar-refractivity contribution is 7.80. The molecule has 1 aromatic heterocycles. The molecule has 1 aromatic rings. The van der Waals surface area contributed by atoms with Crippen LogP contribution in [0.1, 0.15) is 50.1 Å². The lowest BCUT2D eigenvalue weighted by Gasteiger charge is -2.19. The van der Waals surface area contributed by atoms with Gasteiger partial charge in [-0.1, -0.05) is 32.0 Å². The summed E-state index contributed by atoms with van der Waals surface area (Å²) in [4.78, 5) is 4.83. The Morgan fingerprint density at radius 1 is 1.50 bits per heavy atom. The van der Waals surface area contributed by atoms with Gasteiger partial charge < -0.3 is 11.1 Å². The summed E-state index contributed by atoms with van der Waals surface area (Å²) in [6, 6.07) is 2.43. The first-order chi connectivity index (χ1) is 8.45. The molecule has 0 spiro atoms. The van der Waals surface area contributed by atoms with Crippen LogP contribution < -0.4 is 11.1 Å². The van der Waals surface area contributed by atoms with E-state index in [-0.39, 0.29) is 0 Å². The van der Waals surface area contributed by atoms with Crippen molar-refractivity contribution in [3.63, 3.8) is 0 Å². The average Bonchev–Trinajstić information content (AvgIpc) is 2.24. The van der Waals surface area contributed by atoms with Gasteiger partial charge in [0.1, 0.15) is 4.99 Å². The summed E-state index contributed by atoms with van der Waals surface area (Å²) in [5.41, 5.74) is 9.56. The Labute approximate surface area is 115 Å². The van der Waals surface area contributed by atoms with Crippen LogP contribution in [0.4, 0.5) is 5.69 Å². The van der Waals surface area contributed by atoms with Gasteiger partial charge in [0.25, 0.3) is 0 Å². The number of aryl methyl sites for hydroxylation is 2. The number of hydrogen-bond acceptors (Lipinski definition) is 3. The molecule has 18 heavy (non-hydrogen) atoms. The van der Waals surface area contributed by atoms with Gasteiger partial charge in [-0.15, -0.1) is 0 Å². The summed E-state index contributed by atoms with van der Waals surface area (Å²) in [6.07, 6.45) is 3.58. The van der Waals surface area contributed by atoms with E-state index in [0.29, 0.717) is 11.0 Å². The Morgan fingerprint density at radius 2 is 2.17 bits per heavy atom. The van der Waals surface area contributed by atoms with Crippen LogP contribution in [0.15, 0.2) is 6.07 Å². The van der Waals surface area contributed by atoms with Gasteiger partial charge in [0.05, 0.1) is 5.56 Å². The van der Waals surface area contributed by atoms with Gasteiger partial charge in [-0.3, -0.25) is 4.98 Å². The van der Waals surface area contributed by atoms with Crippen LogP contribution in [0, 0.1) is 13.8 Å². The monoisotopic (exact) mass is 265 g/mol. The zero-order valence-electron chi connectivity index (χ0n) is 11.7. The lowest BCUT2D eigenvalue weighted by atomic mass is 10.1. The molecule has 100 valence electrons. The van der Waals surface area contributed by atoms with Gasteiger partial charge in [0.2, 0.25) is 0 Å². The minimum absolute atomic E-state index is 0.408. The first kappa shape index (κ1) is 14.9. The van der Waals surface area contributed by atoms with E-state index < -0.39 is 0 Å². The summed E-state index contributed by atoms with van der Waals surface area (Å²) < 4.78 is 0. The number of hydrogen-bond donors (Lipinski definition) is 2. The van der Waals surface area contributed by atoms with Gasteiger partial charge in [-0.25, -0.2) is 0 Å². The molecule has 0 aromatic carbocycles. The van der Waals surface area contributed by atoms with Crippen LogP contribution in [0.2, 0.25) is 0 Å². The van der Waals surface area contributed by atoms with Gasteiger partial charge in [0.15, 0.2) is 0 Å². The molecule has 0 fully saturated rings. The van der Waals surface area contributed by atoms with E-state index >= 15 is 0 Å². The van der Waals surface area contributed by atoms with Gasteiger partial charge in [-0.2, -0.15) is 0 Å². The van der Waals surface area contributed by atoms with Crippen molar-refractivity contribution in [3.05, 3.63) is 23.0 Å². The van der Waals surface area contributed by atoms with Crippen molar-refractivity contribution in [3.8, 4) is 0 Å². The van der Waals surface area contributed by atoms with Crippen LogP contribution in [-0.4, -0.2) is 16.0 Å². The third kappa shape index (κ3) is 3.95. The second kappa shape index (κ2) is 6.69. The molecule has 1 rings (SSSR count). The van der Waals surface area contributed by atoms with E-state index in [2.05, 4.69) is 24.1 Å². The molecule has 3 N–H and O–H groups in total. The molecule has 0 radical (unpaired) electrons. The number of pyridine rings is 1. The molecule has 3 nitrogen and oxygen atoms in total. The quantitative estimate of drug-likeness (QED) is 0.775. The highest BCUT2D eigenvalue weighted by atomic mass is 32.1. The number of anilines is 1. The molecule has 0 amide bonds. The summed E-state index contributed by atoms with van der Waals surface area (Å²) in [6.45, 7) is 8.32. The van der Waals surface area contributed by atoms with Crippen LogP contribution >= 0.6 is 12.2 Å². The smallest absolute Gasteiger partial charge is 0.107 e. The molecule has 1 unspecified atom stereocenters. The summed E-state index contributed by atoms with van der Waals surface area (Å²) in [7, 11) is 0. The second-order valence-electron chi connectivity index (χ2n) is 4.82. The maximum Gasteiger partial charge on any atom is 0.107 e. The van der Waals surface area contributed by atoms with Crippen LogP contribution in [-0.2, 0) is 0 Å².